The molecule has 0 saturated carbocycles. The molecule has 0 aliphatic rings. The van der Waals surface area contributed by atoms with Crippen LogP contribution in [0.25, 0.3) is 0 Å². The van der Waals surface area contributed by atoms with Crippen molar-refractivity contribution in [3.05, 3.63) is 60.5 Å². The van der Waals surface area contributed by atoms with Crippen LogP contribution in [0.15, 0.2) is 42.5 Å². The molecule has 1 radical (unpaired) electrons. The van der Waals surface area contributed by atoms with Crippen molar-refractivity contribution in [2.75, 3.05) is 14.2 Å². The summed E-state index contributed by atoms with van der Waals surface area (Å²) < 4.78 is 16.2. The first kappa shape index (κ1) is 13.3. The summed E-state index contributed by atoms with van der Waals surface area (Å²) in [5.74, 6) is 1.99. The van der Waals surface area contributed by atoms with Gasteiger partial charge >= 0.3 is 0 Å². The van der Waals surface area contributed by atoms with Crippen LogP contribution in [-0.2, 0) is 6.61 Å². The first-order chi connectivity index (χ1) is 9.24. The smallest absolute Gasteiger partial charge is 0.164 e. The second-order valence-electron chi connectivity index (χ2n) is 4.09. The Morgan fingerprint density at radius 3 is 2.16 bits per heavy atom. The van der Waals surface area contributed by atoms with E-state index >= 15 is 0 Å². The Morgan fingerprint density at radius 1 is 0.895 bits per heavy atom. The van der Waals surface area contributed by atoms with Crippen molar-refractivity contribution in [3.8, 4) is 17.2 Å². The molecule has 0 aliphatic carbocycles. The third-order valence-corrected chi connectivity index (χ3v) is 2.80. The van der Waals surface area contributed by atoms with E-state index in [1.807, 2.05) is 30.3 Å². The lowest BCUT2D eigenvalue weighted by molar-refractivity contribution is 0.299. The Labute approximate surface area is 113 Å². The fourth-order valence-electron chi connectivity index (χ4n) is 1.77. The lowest BCUT2D eigenvalue weighted by atomic mass is 10.2. The molecule has 2 aromatic rings. The molecule has 3 nitrogen and oxygen atoms in total. The number of rotatable bonds is 5. The van der Waals surface area contributed by atoms with Crippen molar-refractivity contribution in [2.45, 2.75) is 6.61 Å². The molecule has 0 aromatic heterocycles. The highest BCUT2D eigenvalue weighted by Crippen LogP contribution is 2.34. The van der Waals surface area contributed by atoms with E-state index in [0.29, 0.717) is 23.9 Å². The Balaban J connectivity index is 2.16. The summed E-state index contributed by atoms with van der Waals surface area (Å²) in [6.45, 7) is 4.46. The van der Waals surface area contributed by atoms with E-state index in [2.05, 4.69) is 6.92 Å². The van der Waals surface area contributed by atoms with E-state index in [1.165, 1.54) is 0 Å². The fraction of sp³-hybridized carbons (Fsp3) is 0.188. The predicted molar refractivity (Wildman–Crippen MR) is 74.8 cm³/mol. The van der Waals surface area contributed by atoms with Crippen LogP contribution >= 0.6 is 0 Å². The van der Waals surface area contributed by atoms with Gasteiger partial charge in [0.1, 0.15) is 12.4 Å². The van der Waals surface area contributed by atoms with Crippen molar-refractivity contribution in [3.63, 3.8) is 0 Å². The molecule has 0 fully saturated rings. The topological polar surface area (TPSA) is 27.7 Å². The third kappa shape index (κ3) is 3.19. The summed E-state index contributed by atoms with van der Waals surface area (Å²) in [6, 6.07) is 13.6. The highest BCUT2D eigenvalue weighted by atomic mass is 16.5. The average molecular weight is 257 g/mol. The number of hydrogen-bond acceptors (Lipinski definition) is 3. The zero-order valence-corrected chi connectivity index (χ0v) is 11.2. The summed E-state index contributed by atoms with van der Waals surface area (Å²) in [4.78, 5) is 0. The van der Waals surface area contributed by atoms with Crippen LogP contribution in [0.3, 0.4) is 0 Å². The zero-order valence-electron chi connectivity index (χ0n) is 11.2. The van der Waals surface area contributed by atoms with E-state index in [9.17, 15) is 0 Å². The fourth-order valence-corrected chi connectivity index (χ4v) is 1.77. The summed E-state index contributed by atoms with van der Waals surface area (Å²) >= 11 is 0. The zero-order chi connectivity index (χ0) is 13.7. The van der Waals surface area contributed by atoms with Gasteiger partial charge in [0.15, 0.2) is 11.5 Å². The van der Waals surface area contributed by atoms with Gasteiger partial charge in [-0.05, 0) is 24.1 Å². The number of methoxy groups -OCH3 is 2. The monoisotopic (exact) mass is 257 g/mol. The van der Waals surface area contributed by atoms with Crippen molar-refractivity contribution >= 4 is 0 Å². The highest BCUT2D eigenvalue weighted by molar-refractivity contribution is 5.51. The maximum atomic E-state index is 5.77. The van der Waals surface area contributed by atoms with Gasteiger partial charge in [0.05, 0.1) is 14.2 Å². The molecule has 0 N–H and O–H groups in total. The Kier molecular flexibility index (Phi) is 4.29. The summed E-state index contributed by atoms with van der Waals surface area (Å²) in [5, 5.41) is 0. The molecule has 99 valence electrons. The maximum Gasteiger partial charge on any atom is 0.164 e. The molecule has 19 heavy (non-hydrogen) atoms. The molecule has 0 heterocycles. The summed E-state index contributed by atoms with van der Waals surface area (Å²) in [5.41, 5.74) is 1.88. The summed E-state index contributed by atoms with van der Waals surface area (Å²) in [7, 11) is 3.20. The molecule has 0 amide bonds. The lowest BCUT2D eigenvalue weighted by Crippen LogP contribution is -1.99. The SMILES string of the molecule is [CH2]c1cc(OC)c(OC)cc1OCc1ccccc1. The van der Waals surface area contributed by atoms with Gasteiger partial charge in [-0.25, -0.2) is 0 Å². The van der Waals surface area contributed by atoms with Crippen LogP contribution in [0.2, 0.25) is 0 Å². The molecular formula is C16H17O3. The van der Waals surface area contributed by atoms with Gasteiger partial charge < -0.3 is 14.2 Å². The van der Waals surface area contributed by atoms with Crippen LogP contribution < -0.4 is 14.2 Å². The molecule has 2 aromatic carbocycles. The third-order valence-electron chi connectivity index (χ3n) is 2.80. The Morgan fingerprint density at radius 2 is 1.53 bits per heavy atom. The second-order valence-corrected chi connectivity index (χ2v) is 4.09. The van der Waals surface area contributed by atoms with Gasteiger partial charge in [-0.15, -0.1) is 0 Å². The minimum atomic E-state index is 0.499. The molecule has 0 atom stereocenters. The van der Waals surface area contributed by atoms with E-state index in [1.54, 1.807) is 26.4 Å². The maximum absolute atomic E-state index is 5.77. The normalized spacial score (nSPS) is 10.1. The van der Waals surface area contributed by atoms with Crippen LogP contribution in [0.4, 0.5) is 0 Å². The molecule has 0 unspecified atom stereocenters. The molecule has 0 saturated heterocycles. The second kappa shape index (κ2) is 6.14. The molecule has 0 bridgehead atoms. The molecule has 3 heteroatoms. The van der Waals surface area contributed by atoms with Crippen molar-refractivity contribution in [1.29, 1.82) is 0 Å². The minimum absolute atomic E-state index is 0.499. The first-order valence-electron chi connectivity index (χ1n) is 5.99. The van der Waals surface area contributed by atoms with Gasteiger partial charge in [-0.3, -0.25) is 0 Å². The largest absolute Gasteiger partial charge is 0.493 e. The molecule has 0 aliphatic heterocycles. The van der Waals surface area contributed by atoms with Gasteiger partial charge in [0.2, 0.25) is 0 Å². The number of hydrogen-bond donors (Lipinski definition) is 0. The molecule has 0 spiro atoms. The van der Waals surface area contributed by atoms with Gasteiger partial charge in [-0.1, -0.05) is 30.3 Å². The van der Waals surface area contributed by atoms with Gasteiger partial charge in [0.25, 0.3) is 0 Å². The Bertz CT molecular complexity index is 535. The minimum Gasteiger partial charge on any atom is -0.493 e. The quantitative estimate of drug-likeness (QED) is 0.821. The van der Waals surface area contributed by atoms with E-state index in [4.69, 9.17) is 14.2 Å². The van der Waals surface area contributed by atoms with Crippen molar-refractivity contribution in [2.24, 2.45) is 0 Å². The van der Waals surface area contributed by atoms with Crippen LogP contribution in [0.1, 0.15) is 11.1 Å². The van der Waals surface area contributed by atoms with E-state index in [0.717, 1.165) is 11.1 Å². The van der Waals surface area contributed by atoms with Gasteiger partial charge in [0, 0.05) is 6.07 Å². The summed E-state index contributed by atoms with van der Waals surface area (Å²) in [6.07, 6.45) is 0. The predicted octanol–water partition coefficient (Wildman–Crippen LogP) is 3.46. The van der Waals surface area contributed by atoms with Crippen molar-refractivity contribution < 1.29 is 14.2 Å². The van der Waals surface area contributed by atoms with E-state index < -0.39 is 0 Å². The Hall–Kier alpha value is -2.16. The average Bonchev–Trinajstić information content (AvgIpc) is 2.46. The van der Waals surface area contributed by atoms with Crippen molar-refractivity contribution in [1.82, 2.24) is 0 Å². The molecular weight excluding hydrogens is 240 g/mol. The van der Waals surface area contributed by atoms with Crippen LogP contribution in [0, 0.1) is 6.92 Å². The number of ether oxygens (including phenoxy) is 3. The molecule has 2 rings (SSSR count). The van der Waals surface area contributed by atoms with Gasteiger partial charge in [-0.2, -0.15) is 0 Å². The lowest BCUT2D eigenvalue weighted by Gasteiger charge is -2.13. The van der Waals surface area contributed by atoms with Crippen LogP contribution in [0.5, 0.6) is 17.2 Å². The van der Waals surface area contributed by atoms with E-state index in [-0.39, 0.29) is 0 Å². The van der Waals surface area contributed by atoms with Crippen LogP contribution in [-0.4, -0.2) is 14.2 Å². The standard InChI is InChI=1S/C16H17O3/c1-12-9-15(17-2)16(18-3)10-14(12)19-11-13-7-5-4-6-8-13/h4-10H,1,11H2,2-3H3. The number of benzene rings is 2. The first-order valence-corrected chi connectivity index (χ1v) is 5.99. The highest BCUT2D eigenvalue weighted by Gasteiger charge is 2.09.